The van der Waals surface area contributed by atoms with Crippen LogP contribution in [-0.2, 0) is 0 Å². The second-order valence-corrected chi connectivity index (χ2v) is 7.08. The van der Waals surface area contributed by atoms with Gasteiger partial charge in [-0.25, -0.2) is 0 Å². The molecule has 1 atom stereocenters. The van der Waals surface area contributed by atoms with Crippen molar-refractivity contribution >= 4 is 46.4 Å². The number of nitrogens with one attached hydrogen (secondary N) is 1. The zero-order chi connectivity index (χ0) is 18.7. The number of carbonyl (C=O) groups excluding carboxylic acids is 1. The minimum absolute atomic E-state index is 0.0822. The molecule has 7 heteroatoms. The predicted molar refractivity (Wildman–Crippen MR) is 104 cm³/mol. The third kappa shape index (κ3) is 4.58. The largest absolute Gasteiger partial charge is 0.360 e. The van der Waals surface area contributed by atoms with Crippen molar-refractivity contribution in [2.24, 2.45) is 0 Å². The molecule has 0 bridgehead atoms. The van der Waals surface area contributed by atoms with Crippen LogP contribution in [0.5, 0.6) is 0 Å². The summed E-state index contributed by atoms with van der Waals surface area (Å²) in [4.78, 5) is 12.8. The summed E-state index contributed by atoms with van der Waals surface area (Å²) >= 11 is 18.1. The standard InChI is InChI=1S/C19H15Cl3N2O2/c1-11-7-19(24-26-11)23-17(12-3-2-4-14(20)8-12)10-18(25)13-5-6-15(21)16(22)9-13/h2-9,17H,10H2,1H3,(H,23,24). The number of halogens is 3. The molecule has 2 aromatic carbocycles. The monoisotopic (exact) mass is 408 g/mol. The van der Waals surface area contributed by atoms with Crippen LogP contribution < -0.4 is 5.32 Å². The molecule has 0 radical (unpaired) electrons. The van der Waals surface area contributed by atoms with Crippen molar-refractivity contribution in [3.8, 4) is 0 Å². The van der Waals surface area contributed by atoms with Crippen molar-refractivity contribution in [2.75, 3.05) is 5.32 Å². The number of nitrogens with zero attached hydrogens (tertiary/aromatic N) is 1. The van der Waals surface area contributed by atoms with Crippen LogP contribution in [0.15, 0.2) is 53.1 Å². The van der Waals surface area contributed by atoms with Crippen molar-refractivity contribution in [3.05, 3.63) is 80.5 Å². The van der Waals surface area contributed by atoms with Crippen LogP contribution in [0, 0.1) is 6.92 Å². The second kappa shape index (κ2) is 8.12. The highest BCUT2D eigenvalue weighted by atomic mass is 35.5. The van der Waals surface area contributed by atoms with E-state index in [0.717, 1.165) is 5.56 Å². The molecule has 0 aliphatic heterocycles. The molecule has 0 fully saturated rings. The molecule has 0 saturated heterocycles. The maximum Gasteiger partial charge on any atom is 0.170 e. The summed E-state index contributed by atoms with van der Waals surface area (Å²) < 4.78 is 5.09. The molecule has 0 aliphatic carbocycles. The van der Waals surface area contributed by atoms with Crippen molar-refractivity contribution in [1.82, 2.24) is 5.16 Å². The van der Waals surface area contributed by atoms with E-state index in [-0.39, 0.29) is 18.2 Å². The van der Waals surface area contributed by atoms with Gasteiger partial charge in [0.15, 0.2) is 11.6 Å². The molecule has 26 heavy (non-hydrogen) atoms. The van der Waals surface area contributed by atoms with Crippen LogP contribution in [0.25, 0.3) is 0 Å². The van der Waals surface area contributed by atoms with Gasteiger partial charge in [-0.05, 0) is 42.8 Å². The molecule has 1 N–H and O–H groups in total. The number of hydrogen-bond acceptors (Lipinski definition) is 4. The van der Waals surface area contributed by atoms with Gasteiger partial charge in [0.1, 0.15) is 5.76 Å². The first-order chi connectivity index (χ1) is 12.4. The number of rotatable bonds is 6. The Hall–Kier alpha value is -2.01. The second-order valence-electron chi connectivity index (χ2n) is 5.83. The van der Waals surface area contributed by atoms with Crippen LogP contribution in [0.4, 0.5) is 5.82 Å². The number of ketones is 1. The fourth-order valence-corrected chi connectivity index (χ4v) is 3.06. The Balaban J connectivity index is 1.87. The summed E-state index contributed by atoms with van der Waals surface area (Å²) in [5.74, 6) is 1.14. The van der Waals surface area contributed by atoms with E-state index in [1.54, 1.807) is 37.3 Å². The Kier molecular flexibility index (Phi) is 5.87. The number of aryl methyl sites for hydroxylation is 1. The molecule has 3 rings (SSSR count). The van der Waals surface area contributed by atoms with Crippen molar-refractivity contribution in [3.63, 3.8) is 0 Å². The molecule has 0 aliphatic rings. The van der Waals surface area contributed by atoms with Crippen molar-refractivity contribution < 1.29 is 9.32 Å². The van der Waals surface area contributed by atoms with Gasteiger partial charge in [-0.3, -0.25) is 4.79 Å². The lowest BCUT2D eigenvalue weighted by atomic mass is 9.98. The zero-order valence-corrected chi connectivity index (χ0v) is 16.1. The summed E-state index contributed by atoms with van der Waals surface area (Å²) in [7, 11) is 0. The Labute approximate surface area is 166 Å². The first kappa shape index (κ1) is 18.8. The van der Waals surface area contributed by atoms with Gasteiger partial charge in [-0.15, -0.1) is 0 Å². The van der Waals surface area contributed by atoms with Crippen LogP contribution >= 0.6 is 34.8 Å². The van der Waals surface area contributed by atoms with E-state index >= 15 is 0 Å². The van der Waals surface area contributed by atoms with Gasteiger partial charge in [0.25, 0.3) is 0 Å². The van der Waals surface area contributed by atoms with Crippen LogP contribution in [-0.4, -0.2) is 10.9 Å². The van der Waals surface area contributed by atoms with Crippen LogP contribution in [0.3, 0.4) is 0 Å². The minimum atomic E-state index is -0.333. The Bertz CT molecular complexity index is 940. The summed E-state index contributed by atoms with van der Waals surface area (Å²) in [5.41, 5.74) is 1.36. The Morgan fingerprint density at radius 2 is 1.92 bits per heavy atom. The number of benzene rings is 2. The van der Waals surface area contributed by atoms with E-state index in [2.05, 4.69) is 10.5 Å². The molecular weight excluding hydrogens is 395 g/mol. The number of carbonyl (C=O) groups is 1. The lowest BCUT2D eigenvalue weighted by Gasteiger charge is -2.18. The van der Waals surface area contributed by atoms with Crippen molar-refractivity contribution in [2.45, 2.75) is 19.4 Å². The highest BCUT2D eigenvalue weighted by Gasteiger charge is 2.19. The first-order valence-corrected chi connectivity index (χ1v) is 8.99. The average Bonchev–Trinajstić information content (AvgIpc) is 3.01. The highest BCUT2D eigenvalue weighted by molar-refractivity contribution is 6.42. The number of aromatic nitrogens is 1. The van der Waals surface area contributed by atoms with Gasteiger partial charge in [-0.1, -0.05) is 52.1 Å². The van der Waals surface area contributed by atoms with Gasteiger partial charge < -0.3 is 9.84 Å². The summed E-state index contributed by atoms with van der Waals surface area (Å²) in [5, 5.41) is 8.51. The molecular formula is C19H15Cl3N2O2. The molecule has 0 amide bonds. The molecule has 0 saturated carbocycles. The third-order valence-electron chi connectivity index (χ3n) is 3.83. The van der Waals surface area contributed by atoms with Gasteiger partial charge in [0.2, 0.25) is 0 Å². The average molecular weight is 410 g/mol. The molecule has 0 spiro atoms. The van der Waals surface area contributed by atoms with Gasteiger partial charge >= 0.3 is 0 Å². The quantitative estimate of drug-likeness (QED) is 0.481. The lowest BCUT2D eigenvalue weighted by molar-refractivity contribution is 0.0976. The first-order valence-electron chi connectivity index (χ1n) is 7.86. The number of anilines is 1. The Morgan fingerprint density at radius 1 is 1.12 bits per heavy atom. The summed E-state index contributed by atoms with van der Waals surface area (Å²) in [6.07, 6.45) is 0.185. The van der Waals surface area contributed by atoms with E-state index < -0.39 is 0 Å². The number of Topliss-reactive ketones (excluding diaryl/α,β-unsaturated/α-hetero) is 1. The van der Waals surface area contributed by atoms with Crippen LogP contribution in [0.2, 0.25) is 15.1 Å². The molecule has 1 aromatic heterocycles. The zero-order valence-electron chi connectivity index (χ0n) is 13.8. The van der Waals surface area contributed by atoms with E-state index in [4.69, 9.17) is 39.3 Å². The molecule has 1 unspecified atom stereocenters. The number of hydrogen-bond donors (Lipinski definition) is 1. The highest BCUT2D eigenvalue weighted by Crippen LogP contribution is 2.28. The maximum absolute atomic E-state index is 12.8. The maximum atomic E-state index is 12.8. The van der Waals surface area contributed by atoms with Crippen molar-refractivity contribution in [1.29, 1.82) is 0 Å². The normalized spacial score (nSPS) is 12.0. The Morgan fingerprint density at radius 3 is 2.58 bits per heavy atom. The fourth-order valence-electron chi connectivity index (χ4n) is 2.56. The molecule has 134 valence electrons. The summed E-state index contributed by atoms with van der Waals surface area (Å²) in [6.45, 7) is 1.80. The van der Waals surface area contributed by atoms with E-state index in [1.165, 1.54) is 0 Å². The predicted octanol–water partition coefficient (Wildman–Crippen LogP) is 6.37. The third-order valence-corrected chi connectivity index (χ3v) is 4.81. The van der Waals surface area contributed by atoms with E-state index in [1.807, 2.05) is 18.2 Å². The van der Waals surface area contributed by atoms with Gasteiger partial charge in [-0.2, -0.15) is 0 Å². The van der Waals surface area contributed by atoms with E-state index in [0.29, 0.717) is 32.2 Å². The topological polar surface area (TPSA) is 55.1 Å². The van der Waals surface area contributed by atoms with Gasteiger partial charge in [0, 0.05) is 23.1 Å². The molecule has 1 heterocycles. The minimum Gasteiger partial charge on any atom is -0.360 e. The fraction of sp³-hybridized carbons (Fsp3) is 0.158. The smallest absolute Gasteiger partial charge is 0.170 e. The van der Waals surface area contributed by atoms with E-state index in [9.17, 15) is 4.79 Å². The lowest BCUT2D eigenvalue weighted by Crippen LogP contribution is -2.16. The molecule has 4 nitrogen and oxygen atoms in total. The summed E-state index contributed by atoms with van der Waals surface area (Å²) in [6, 6.07) is 13.6. The van der Waals surface area contributed by atoms with Crippen LogP contribution in [0.1, 0.15) is 34.1 Å². The SMILES string of the molecule is Cc1cc(NC(CC(=O)c2ccc(Cl)c(Cl)c2)c2cccc(Cl)c2)no1. The molecule has 3 aromatic rings. The van der Waals surface area contributed by atoms with Gasteiger partial charge in [0.05, 0.1) is 16.1 Å².